The smallest absolute Gasteiger partial charge is 0.295 e. The second-order valence-corrected chi connectivity index (χ2v) is 9.72. The summed E-state index contributed by atoms with van der Waals surface area (Å²) in [5.41, 5.74) is 2.53. The molecule has 202 valence electrons. The number of aromatic hydroxyl groups is 1. The average Bonchev–Trinajstić information content (AvgIpc) is 3.31. The lowest BCUT2D eigenvalue weighted by Gasteiger charge is -2.08. The van der Waals surface area contributed by atoms with Gasteiger partial charge in [0.15, 0.2) is 5.69 Å². The zero-order valence-electron chi connectivity index (χ0n) is 21.5. The first-order chi connectivity index (χ1) is 19.2. The Morgan fingerprint density at radius 2 is 1.70 bits per heavy atom. The first kappa shape index (κ1) is 26.9. The monoisotopic (exact) mass is 573 g/mol. The van der Waals surface area contributed by atoms with Gasteiger partial charge in [0.25, 0.3) is 5.56 Å². The molecular formula is C28H24ClN7O3S. The fraction of sp³-hybridized carbons (Fsp3) is 0.107. The molecule has 3 aromatic carbocycles. The van der Waals surface area contributed by atoms with Gasteiger partial charge in [-0.3, -0.25) is 14.3 Å². The second-order valence-electron chi connectivity index (χ2n) is 8.90. The lowest BCUT2D eigenvalue weighted by Crippen LogP contribution is -2.21. The molecule has 0 bridgehead atoms. The van der Waals surface area contributed by atoms with Crippen LogP contribution in [0.3, 0.4) is 0 Å². The van der Waals surface area contributed by atoms with Crippen LogP contribution in [-0.4, -0.2) is 30.1 Å². The fourth-order valence-corrected chi connectivity index (χ4v) is 4.67. The van der Waals surface area contributed by atoms with Crippen molar-refractivity contribution in [2.45, 2.75) is 13.5 Å². The Morgan fingerprint density at radius 1 is 1.02 bits per heavy atom. The summed E-state index contributed by atoms with van der Waals surface area (Å²) in [4.78, 5) is 25.9. The van der Waals surface area contributed by atoms with E-state index in [2.05, 4.69) is 20.9 Å². The molecule has 10 nitrogen and oxygen atoms in total. The lowest BCUT2D eigenvalue weighted by molar-refractivity contribution is -0.116. The van der Waals surface area contributed by atoms with E-state index in [0.717, 1.165) is 0 Å². The molecule has 0 saturated carbocycles. The van der Waals surface area contributed by atoms with Crippen molar-refractivity contribution in [1.29, 1.82) is 0 Å². The van der Waals surface area contributed by atoms with Crippen molar-refractivity contribution in [2.24, 2.45) is 17.3 Å². The van der Waals surface area contributed by atoms with Crippen LogP contribution in [0.2, 0.25) is 5.02 Å². The van der Waals surface area contributed by atoms with Gasteiger partial charge in [0.2, 0.25) is 16.9 Å². The summed E-state index contributed by atoms with van der Waals surface area (Å²) in [5.74, 6) is -0.627. The molecule has 12 heteroatoms. The number of carbonyl (C=O) groups excluding carboxylic acids is 1. The summed E-state index contributed by atoms with van der Waals surface area (Å²) in [7, 11) is 1.77. The van der Waals surface area contributed by atoms with E-state index in [-0.39, 0.29) is 40.4 Å². The van der Waals surface area contributed by atoms with Crippen LogP contribution in [0.4, 0.5) is 17.1 Å². The predicted molar refractivity (Wildman–Crippen MR) is 160 cm³/mol. The van der Waals surface area contributed by atoms with Gasteiger partial charge >= 0.3 is 0 Å². The minimum absolute atomic E-state index is 0.0839. The number of nitrogens with one attached hydrogen (secondary N) is 2. The number of azo groups is 1. The maximum absolute atomic E-state index is 13.2. The van der Waals surface area contributed by atoms with Crippen molar-refractivity contribution in [3.63, 3.8) is 0 Å². The van der Waals surface area contributed by atoms with Crippen molar-refractivity contribution in [2.75, 3.05) is 10.6 Å². The third-order valence-electron chi connectivity index (χ3n) is 6.36. The van der Waals surface area contributed by atoms with Gasteiger partial charge in [-0.15, -0.1) is 10.2 Å². The first-order valence-electron chi connectivity index (χ1n) is 12.2. The Labute approximate surface area is 239 Å². The highest BCUT2D eigenvalue weighted by molar-refractivity contribution is 7.80. The number of hydrogen-bond acceptors (Lipinski definition) is 5. The Kier molecular flexibility index (Phi) is 7.50. The summed E-state index contributed by atoms with van der Waals surface area (Å²) in [6.45, 7) is 1.60. The molecule has 2 heterocycles. The maximum atomic E-state index is 13.2. The van der Waals surface area contributed by atoms with Crippen molar-refractivity contribution < 1.29 is 9.90 Å². The van der Waals surface area contributed by atoms with E-state index in [1.165, 1.54) is 9.25 Å². The predicted octanol–water partition coefficient (Wildman–Crippen LogP) is 5.92. The quantitative estimate of drug-likeness (QED) is 0.172. The summed E-state index contributed by atoms with van der Waals surface area (Å²) < 4.78 is 4.63. The van der Waals surface area contributed by atoms with Crippen molar-refractivity contribution in [3.8, 4) is 11.6 Å². The Morgan fingerprint density at radius 3 is 2.40 bits per heavy atom. The topological polar surface area (TPSA) is 118 Å². The normalized spacial score (nSPS) is 11.3. The van der Waals surface area contributed by atoms with Crippen LogP contribution in [-0.2, 0) is 18.4 Å². The third-order valence-corrected chi connectivity index (χ3v) is 6.78. The number of benzene rings is 3. The van der Waals surface area contributed by atoms with Crippen molar-refractivity contribution >= 4 is 62.8 Å². The molecule has 40 heavy (non-hydrogen) atoms. The van der Waals surface area contributed by atoms with Crippen LogP contribution in [0.1, 0.15) is 5.69 Å². The van der Waals surface area contributed by atoms with Gasteiger partial charge in [0, 0.05) is 23.1 Å². The standard InChI is InChI=1S/C28H24ClN7O3S/c1-17-24(27(39)36(34(17)2)20-11-7-4-8-12-20)31-28(40)33-32-25-21-15-18(29)13-14-22(21)35(26(25)38)16-23(37)30-19-9-5-3-6-10-19/h3-15,38H,16H2,1-2H3,(H,30,37)(H,31,40). The highest BCUT2D eigenvalue weighted by Crippen LogP contribution is 2.40. The molecule has 5 aromatic rings. The molecule has 3 N–H and O–H groups in total. The Hall–Kier alpha value is -4.74. The average molecular weight is 574 g/mol. The molecule has 0 unspecified atom stereocenters. The van der Waals surface area contributed by atoms with Gasteiger partial charge in [-0.2, -0.15) is 0 Å². The van der Waals surface area contributed by atoms with Crippen LogP contribution in [0.25, 0.3) is 16.6 Å². The minimum atomic E-state index is -0.344. The van der Waals surface area contributed by atoms with E-state index in [4.69, 9.17) is 23.8 Å². The number of rotatable bonds is 6. The molecule has 0 aliphatic rings. The molecular weight excluding hydrogens is 550 g/mol. The Bertz CT molecular complexity index is 1830. The highest BCUT2D eigenvalue weighted by Gasteiger charge is 2.20. The highest BCUT2D eigenvalue weighted by atomic mass is 35.5. The SMILES string of the molecule is Cc1c(NC(=S)N=Nc2c(O)n(CC(=O)Nc3ccccc3)c3ccc(Cl)cc23)c(=O)n(-c2ccccc2)n1C. The van der Waals surface area contributed by atoms with E-state index >= 15 is 0 Å². The van der Waals surface area contributed by atoms with Crippen molar-refractivity contribution in [3.05, 3.63) is 99.9 Å². The summed E-state index contributed by atoms with van der Waals surface area (Å²) in [6, 6.07) is 23.2. The maximum Gasteiger partial charge on any atom is 0.295 e. The van der Waals surface area contributed by atoms with E-state index in [9.17, 15) is 14.7 Å². The van der Waals surface area contributed by atoms with Gasteiger partial charge in [-0.05, 0) is 61.6 Å². The van der Waals surface area contributed by atoms with Crippen molar-refractivity contribution in [1.82, 2.24) is 13.9 Å². The largest absolute Gasteiger partial charge is 0.493 e. The zero-order valence-corrected chi connectivity index (χ0v) is 23.1. The number of amides is 1. The number of para-hydroxylation sites is 2. The van der Waals surface area contributed by atoms with Gasteiger partial charge in [-0.1, -0.05) is 48.0 Å². The van der Waals surface area contributed by atoms with Gasteiger partial charge in [0.1, 0.15) is 12.2 Å². The third kappa shape index (κ3) is 5.24. The number of halogens is 1. The number of nitrogens with zero attached hydrogens (tertiary/aromatic N) is 5. The van der Waals surface area contributed by atoms with Crippen LogP contribution in [0, 0.1) is 6.92 Å². The minimum Gasteiger partial charge on any atom is -0.493 e. The van der Waals surface area contributed by atoms with E-state index in [0.29, 0.717) is 33.0 Å². The van der Waals surface area contributed by atoms with E-state index < -0.39 is 0 Å². The molecule has 5 rings (SSSR count). The molecule has 0 fully saturated rings. The molecule has 0 aliphatic carbocycles. The van der Waals surface area contributed by atoms with E-state index in [1.54, 1.807) is 49.0 Å². The lowest BCUT2D eigenvalue weighted by atomic mass is 10.2. The zero-order chi connectivity index (χ0) is 28.4. The number of anilines is 2. The van der Waals surface area contributed by atoms with Gasteiger partial charge in [-0.25, -0.2) is 4.68 Å². The van der Waals surface area contributed by atoms with Crippen LogP contribution < -0.4 is 16.2 Å². The summed E-state index contributed by atoms with van der Waals surface area (Å²) in [6.07, 6.45) is 0. The molecule has 0 spiro atoms. The van der Waals surface area contributed by atoms with Crippen LogP contribution in [0.5, 0.6) is 5.88 Å². The summed E-state index contributed by atoms with van der Waals surface area (Å²) in [5, 5.41) is 25.7. The molecule has 0 saturated heterocycles. The molecule has 0 radical (unpaired) electrons. The molecule has 0 atom stereocenters. The molecule has 2 aromatic heterocycles. The van der Waals surface area contributed by atoms with Gasteiger partial charge in [0.05, 0.1) is 16.9 Å². The molecule has 1 amide bonds. The first-order valence-corrected chi connectivity index (χ1v) is 13.0. The number of aromatic nitrogens is 3. The van der Waals surface area contributed by atoms with E-state index in [1.807, 2.05) is 48.5 Å². The summed E-state index contributed by atoms with van der Waals surface area (Å²) >= 11 is 11.6. The number of thiocarbonyl (C=S) groups is 1. The number of carbonyl (C=O) groups is 1. The van der Waals surface area contributed by atoms with Gasteiger partial charge < -0.3 is 20.3 Å². The second kappa shape index (κ2) is 11.2. The number of hydrogen-bond donors (Lipinski definition) is 3. The van der Waals surface area contributed by atoms with Crippen LogP contribution in [0.15, 0.2) is 93.9 Å². The molecule has 0 aliphatic heterocycles. The fourth-order valence-electron chi connectivity index (χ4n) is 4.36. The Balaban J connectivity index is 1.42. The van der Waals surface area contributed by atoms with Crippen LogP contribution >= 0.6 is 23.8 Å². The number of fused-ring (bicyclic) bond motifs is 1.